The zero-order valence-corrected chi connectivity index (χ0v) is 7.24. The number of aromatic nitrogens is 2. The van der Waals surface area contributed by atoms with Crippen LogP contribution in [-0.2, 0) is 11.8 Å². The van der Waals surface area contributed by atoms with E-state index in [2.05, 4.69) is 4.98 Å². The molecule has 0 fully saturated rings. The van der Waals surface area contributed by atoms with Gasteiger partial charge in [-0.15, -0.1) is 0 Å². The van der Waals surface area contributed by atoms with E-state index in [1.165, 1.54) is 7.05 Å². The van der Waals surface area contributed by atoms with Gasteiger partial charge in [0.2, 0.25) is 5.91 Å². The molecule has 0 spiro atoms. The van der Waals surface area contributed by atoms with Crippen molar-refractivity contribution in [2.75, 3.05) is 11.9 Å². The summed E-state index contributed by atoms with van der Waals surface area (Å²) in [6.07, 6.45) is -0.443. The summed E-state index contributed by atoms with van der Waals surface area (Å²) in [5.74, 6) is -5.02. The van der Waals surface area contributed by atoms with Crippen molar-refractivity contribution in [3.8, 4) is 0 Å². The van der Waals surface area contributed by atoms with Gasteiger partial charge in [0.25, 0.3) is 0 Å². The number of carbonyl (C=O) groups is 2. The number of nitrogens with zero attached hydrogens (tertiary/aromatic N) is 3. The molecular formula is C9H11N3O2. The first-order valence-corrected chi connectivity index (χ1v) is 3.79. The fraction of sp³-hybridized carbons (Fsp3) is 0.444. The van der Waals surface area contributed by atoms with E-state index >= 15 is 0 Å². The van der Waals surface area contributed by atoms with Gasteiger partial charge in [0.05, 0.1) is 6.30 Å². The van der Waals surface area contributed by atoms with Crippen LogP contribution in [0.1, 0.15) is 26.9 Å². The van der Waals surface area contributed by atoms with Gasteiger partial charge in [0.15, 0.2) is 11.6 Å². The molecule has 0 N–H and O–H groups in total. The van der Waals surface area contributed by atoms with Crippen LogP contribution in [0.15, 0.2) is 6.30 Å². The van der Waals surface area contributed by atoms with E-state index in [0.29, 0.717) is 0 Å². The van der Waals surface area contributed by atoms with Crippen LogP contribution in [0.25, 0.3) is 0 Å². The van der Waals surface area contributed by atoms with Gasteiger partial charge < -0.3 is 4.57 Å². The highest BCUT2D eigenvalue weighted by molar-refractivity contribution is 6.19. The molecule has 1 aliphatic rings. The van der Waals surface area contributed by atoms with E-state index in [1.807, 2.05) is 0 Å². The second kappa shape index (κ2) is 2.67. The number of carbonyl (C=O) groups excluding carboxylic acids is 2. The lowest BCUT2D eigenvalue weighted by Crippen LogP contribution is -2.41. The second-order valence-electron chi connectivity index (χ2n) is 2.91. The summed E-state index contributed by atoms with van der Waals surface area (Å²) in [7, 11) is 1.27. The maximum atomic E-state index is 12.2. The van der Waals surface area contributed by atoms with Crippen LogP contribution >= 0.6 is 0 Å². The number of rotatable bonds is 0. The number of Topliss-reactive ketones (excluding diaryl/α,β-unsaturated/α-hetero) is 1. The lowest BCUT2D eigenvalue weighted by molar-refractivity contribution is -0.120. The lowest BCUT2D eigenvalue weighted by Gasteiger charge is -2.25. The molecule has 0 radical (unpaired) electrons. The van der Waals surface area contributed by atoms with Gasteiger partial charge in [-0.2, -0.15) is 0 Å². The Bertz CT molecular complexity index is 631. The summed E-state index contributed by atoms with van der Waals surface area (Å²) in [4.78, 5) is 28.2. The number of amides is 1. The van der Waals surface area contributed by atoms with Crippen molar-refractivity contribution in [2.45, 2.75) is 6.85 Å². The minimum atomic E-state index is -3.00. The van der Waals surface area contributed by atoms with Crippen molar-refractivity contribution in [1.82, 2.24) is 9.55 Å². The predicted molar refractivity (Wildman–Crippen MR) is 50.1 cm³/mol. The van der Waals surface area contributed by atoms with E-state index in [0.717, 1.165) is 4.57 Å². The van der Waals surface area contributed by atoms with Crippen LogP contribution in [0.3, 0.4) is 0 Å². The topological polar surface area (TPSA) is 55.2 Å². The lowest BCUT2D eigenvalue weighted by atomic mass is 9.98. The molecule has 0 bridgehead atoms. The molecule has 0 aliphatic carbocycles. The van der Waals surface area contributed by atoms with E-state index in [1.54, 1.807) is 0 Å². The molecule has 0 saturated heterocycles. The molecule has 2 heterocycles. The molecule has 5 nitrogen and oxygen atoms in total. The summed E-state index contributed by atoms with van der Waals surface area (Å²) in [5.41, 5.74) is -0.364. The summed E-state index contributed by atoms with van der Waals surface area (Å²) in [6.45, 7) is -5.99. The Hall–Kier alpha value is -1.65. The maximum Gasteiger partial charge on any atom is 0.238 e. The fourth-order valence-electron chi connectivity index (χ4n) is 1.29. The van der Waals surface area contributed by atoms with Crippen LogP contribution in [-0.4, -0.2) is 28.2 Å². The van der Waals surface area contributed by atoms with Crippen molar-refractivity contribution in [3.05, 3.63) is 12.0 Å². The fourth-order valence-corrected chi connectivity index (χ4v) is 1.29. The largest absolute Gasteiger partial charge is 0.329 e. The standard InChI is InChI=1S/C9H11N3O2/c1-5-7(13)6-8(10-4-11(6)2)12(3)9(5)14/h4-5H,1-3H3/i1D3,3D3,4D. The van der Waals surface area contributed by atoms with Gasteiger partial charge in [-0.05, 0) is 6.85 Å². The number of fused-ring (bicyclic) bond motifs is 1. The van der Waals surface area contributed by atoms with Gasteiger partial charge in [0.1, 0.15) is 13.0 Å². The van der Waals surface area contributed by atoms with E-state index in [4.69, 9.17) is 9.60 Å². The smallest absolute Gasteiger partial charge is 0.238 e. The third-order valence-corrected chi connectivity index (χ3v) is 2.03. The Morgan fingerprint density at radius 3 is 3.07 bits per heavy atom. The molecule has 14 heavy (non-hydrogen) atoms. The zero-order chi connectivity index (χ0) is 16.3. The van der Waals surface area contributed by atoms with Crippen LogP contribution in [0, 0.1) is 5.92 Å². The second-order valence-corrected chi connectivity index (χ2v) is 2.91. The highest BCUT2D eigenvalue weighted by Gasteiger charge is 2.37. The van der Waals surface area contributed by atoms with E-state index in [9.17, 15) is 9.59 Å². The molecule has 1 aromatic rings. The molecule has 1 amide bonds. The van der Waals surface area contributed by atoms with E-state index < -0.39 is 43.6 Å². The molecule has 1 atom stereocenters. The number of imidazole rings is 1. The summed E-state index contributed by atoms with van der Waals surface area (Å²) in [6, 6.07) is 0. The molecule has 1 aliphatic heterocycles. The van der Waals surface area contributed by atoms with Crippen molar-refractivity contribution in [2.24, 2.45) is 13.0 Å². The number of hydrogen-bond acceptors (Lipinski definition) is 3. The average Bonchev–Trinajstić information content (AvgIpc) is 2.50. The van der Waals surface area contributed by atoms with Crippen LogP contribution in [0.5, 0.6) is 0 Å². The SMILES string of the molecule is [2H]c1nc2c(n1C)C(=O)C(C([2H])([2H])[2H])C(=O)N2C([2H])([2H])[2H]. The first kappa shape index (κ1) is 3.84. The molecule has 2 rings (SSSR count). The van der Waals surface area contributed by atoms with Gasteiger partial charge in [0, 0.05) is 22.2 Å². The molecule has 74 valence electrons. The minimum Gasteiger partial charge on any atom is -0.329 e. The first-order chi connectivity index (χ1) is 9.37. The summed E-state index contributed by atoms with van der Waals surface area (Å²) >= 11 is 0. The zero-order valence-electron chi connectivity index (χ0n) is 14.2. The minimum absolute atomic E-state index is 0.207. The Kier molecular flexibility index (Phi) is 0.732. The third kappa shape index (κ3) is 0.921. The predicted octanol–water partition coefficient (Wildman–Crippen LogP) is 0.215. The first-order valence-electron chi connectivity index (χ1n) is 7.29. The van der Waals surface area contributed by atoms with Crippen molar-refractivity contribution in [1.29, 1.82) is 0 Å². The molecule has 0 saturated carbocycles. The van der Waals surface area contributed by atoms with E-state index in [-0.39, 0.29) is 10.6 Å². The molecule has 5 heteroatoms. The molecule has 1 unspecified atom stereocenters. The highest BCUT2D eigenvalue weighted by atomic mass is 16.2. The summed E-state index contributed by atoms with van der Waals surface area (Å²) in [5, 5.41) is 0. The Morgan fingerprint density at radius 2 is 2.43 bits per heavy atom. The quantitative estimate of drug-likeness (QED) is 0.563. The molecular weight excluding hydrogens is 182 g/mol. The van der Waals surface area contributed by atoms with Crippen molar-refractivity contribution >= 4 is 17.5 Å². The maximum absolute atomic E-state index is 12.2. The number of hydrogen-bond donors (Lipinski definition) is 0. The van der Waals surface area contributed by atoms with Crippen LogP contribution < -0.4 is 4.90 Å². The third-order valence-electron chi connectivity index (χ3n) is 2.03. The monoisotopic (exact) mass is 200 g/mol. The van der Waals surface area contributed by atoms with Crippen LogP contribution in [0.2, 0.25) is 0 Å². The molecule has 0 aromatic carbocycles. The van der Waals surface area contributed by atoms with Gasteiger partial charge in [-0.1, -0.05) is 0 Å². The normalized spacial score (nSPS) is 30.5. The van der Waals surface area contributed by atoms with Gasteiger partial charge in [-0.25, -0.2) is 4.98 Å². The number of anilines is 1. The Balaban J connectivity index is 2.76. The van der Waals surface area contributed by atoms with Gasteiger partial charge >= 0.3 is 0 Å². The summed E-state index contributed by atoms with van der Waals surface area (Å²) < 4.78 is 52.5. The van der Waals surface area contributed by atoms with Crippen LogP contribution in [0.4, 0.5) is 5.82 Å². The Morgan fingerprint density at radius 1 is 1.64 bits per heavy atom. The number of ketones is 1. The van der Waals surface area contributed by atoms with Crippen molar-refractivity contribution < 1.29 is 19.2 Å². The Labute approximate surface area is 91.2 Å². The highest BCUT2D eigenvalue weighted by Crippen LogP contribution is 2.27. The van der Waals surface area contributed by atoms with Crippen molar-refractivity contribution in [3.63, 3.8) is 0 Å². The van der Waals surface area contributed by atoms with Gasteiger partial charge in [-0.3, -0.25) is 14.5 Å². The molecule has 1 aromatic heterocycles. The average molecular weight is 200 g/mol.